The van der Waals surface area contributed by atoms with E-state index in [2.05, 4.69) is 27.6 Å². The first-order valence-electron chi connectivity index (χ1n) is 5.37. The van der Waals surface area contributed by atoms with E-state index in [0.717, 1.165) is 24.8 Å². The Kier molecular flexibility index (Phi) is 3.13. The van der Waals surface area contributed by atoms with Gasteiger partial charge < -0.3 is 0 Å². The van der Waals surface area contributed by atoms with Crippen LogP contribution in [0.2, 0.25) is 0 Å². The van der Waals surface area contributed by atoms with Gasteiger partial charge in [-0.25, -0.2) is 0 Å². The maximum atomic E-state index is 12.4. The average molecular weight is 365 g/mol. The first kappa shape index (κ1) is 11.8. The molecule has 3 rings (SSSR count). The van der Waals surface area contributed by atoms with Crippen LogP contribution in [0.3, 0.4) is 0 Å². The van der Waals surface area contributed by atoms with Crippen molar-refractivity contribution < 1.29 is 4.79 Å². The van der Waals surface area contributed by atoms with Crippen molar-refractivity contribution in [2.24, 2.45) is 0 Å². The number of fused-ring (bicyclic) bond motifs is 1. The highest BCUT2D eigenvalue weighted by molar-refractivity contribution is 14.1. The van der Waals surface area contributed by atoms with Gasteiger partial charge in [0.05, 0.1) is 2.88 Å². The molecule has 0 spiro atoms. The standard InChI is InChI=1S/C14H8INOS/c15-13-6-10(8-18-13)14(17)11-3-1-2-9-4-5-16-7-12(9)11/h1-8H. The molecule has 0 aliphatic carbocycles. The fourth-order valence-electron chi connectivity index (χ4n) is 1.90. The predicted octanol–water partition coefficient (Wildman–Crippen LogP) is 4.13. The Bertz CT molecular complexity index is 730. The summed E-state index contributed by atoms with van der Waals surface area (Å²) in [6.07, 6.45) is 3.49. The lowest BCUT2D eigenvalue weighted by molar-refractivity contribution is 0.104. The highest BCUT2D eigenvalue weighted by Crippen LogP contribution is 2.23. The quantitative estimate of drug-likeness (QED) is 0.505. The molecule has 0 radical (unpaired) electrons. The average Bonchev–Trinajstić information content (AvgIpc) is 2.84. The maximum absolute atomic E-state index is 12.4. The second-order valence-electron chi connectivity index (χ2n) is 3.87. The van der Waals surface area contributed by atoms with Gasteiger partial charge in [-0.1, -0.05) is 18.2 Å². The maximum Gasteiger partial charge on any atom is 0.194 e. The molecule has 18 heavy (non-hydrogen) atoms. The van der Waals surface area contributed by atoms with Crippen LogP contribution in [0, 0.1) is 2.88 Å². The van der Waals surface area contributed by atoms with Gasteiger partial charge in [0.1, 0.15) is 0 Å². The van der Waals surface area contributed by atoms with Gasteiger partial charge in [0.25, 0.3) is 0 Å². The minimum Gasteiger partial charge on any atom is -0.289 e. The van der Waals surface area contributed by atoms with Crippen molar-refractivity contribution in [2.75, 3.05) is 0 Å². The van der Waals surface area contributed by atoms with Gasteiger partial charge >= 0.3 is 0 Å². The second kappa shape index (κ2) is 4.78. The number of halogens is 1. The zero-order valence-corrected chi connectivity index (χ0v) is 12.2. The van der Waals surface area contributed by atoms with Crippen LogP contribution in [0.25, 0.3) is 10.8 Å². The van der Waals surface area contributed by atoms with Crippen LogP contribution < -0.4 is 0 Å². The van der Waals surface area contributed by atoms with E-state index in [1.54, 1.807) is 23.7 Å². The molecule has 0 fully saturated rings. The third-order valence-electron chi connectivity index (χ3n) is 2.76. The molecule has 2 aromatic heterocycles. The van der Waals surface area contributed by atoms with E-state index in [4.69, 9.17) is 0 Å². The zero-order valence-electron chi connectivity index (χ0n) is 9.26. The van der Waals surface area contributed by atoms with Crippen molar-refractivity contribution in [3.8, 4) is 0 Å². The molecule has 88 valence electrons. The number of benzene rings is 1. The van der Waals surface area contributed by atoms with Crippen molar-refractivity contribution in [3.63, 3.8) is 0 Å². The topological polar surface area (TPSA) is 30.0 Å². The smallest absolute Gasteiger partial charge is 0.194 e. The molecular formula is C14H8INOS. The van der Waals surface area contributed by atoms with Gasteiger partial charge in [0.15, 0.2) is 5.78 Å². The molecule has 0 unspecified atom stereocenters. The number of pyridine rings is 1. The van der Waals surface area contributed by atoms with E-state index in [0.29, 0.717) is 0 Å². The summed E-state index contributed by atoms with van der Waals surface area (Å²) in [5.74, 6) is 0.0627. The number of thiophene rings is 1. The summed E-state index contributed by atoms with van der Waals surface area (Å²) in [5, 5.41) is 3.85. The summed E-state index contributed by atoms with van der Waals surface area (Å²) in [7, 11) is 0. The van der Waals surface area contributed by atoms with Crippen molar-refractivity contribution in [1.29, 1.82) is 0 Å². The number of carbonyl (C=O) groups excluding carboxylic acids is 1. The molecule has 0 amide bonds. The van der Waals surface area contributed by atoms with Crippen LogP contribution in [0.5, 0.6) is 0 Å². The molecule has 2 heterocycles. The van der Waals surface area contributed by atoms with Crippen molar-refractivity contribution in [1.82, 2.24) is 4.98 Å². The van der Waals surface area contributed by atoms with E-state index >= 15 is 0 Å². The van der Waals surface area contributed by atoms with Crippen LogP contribution in [0.15, 0.2) is 48.1 Å². The number of hydrogen-bond acceptors (Lipinski definition) is 3. The molecule has 3 aromatic rings. The normalized spacial score (nSPS) is 10.7. The Morgan fingerprint density at radius 1 is 1.28 bits per heavy atom. The highest BCUT2D eigenvalue weighted by atomic mass is 127. The van der Waals surface area contributed by atoms with Crippen molar-refractivity contribution in [3.05, 3.63) is 62.1 Å². The minimum absolute atomic E-state index is 0.0627. The lowest BCUT2D eigenvalue weighted by atomic mass is 10.0. The van der Waals surface area contributed by atoms with Crippen LogP contribution in [0.4, 0.5) is 0 Å². The fourth-order valence-corrected chi connectivity index (χ4v) is 3.22. The summed E-state index contributed by atoms with van der Waals surface area (Å²) < 4.78 is 1.12. The van der Waals surface area contributed by atoms with E-state index in [9.17, 15) is 4.79 Å². The van der Waals surface area contributed by atoms with Gasteiger partial charge in [0.2, 0.25) is 0 Å². The van der Waals surface area contributed by atoms with Gasteiger partial charge in [-0.05, 0) is 40.1 Å². The third-order valence-corrected chi connectivity index (χ3v) is 4.55. The Labute approximate surface area is 122 Å². The van der Waals surface area contributed by atoms with Crippen LogP contribution in [0.1, 0.15) is 15.9 Å². The number of ketones is 1. The first-order valence-corrected chi connectivity index (χ1v) is 7.33. The van der Waals surface area contributed by atoms with Crippen molar-refractivity contribution >= 4 is 50.5 Å². The van der Waals surface area contributed by atoms with Gasteiger partial charge in [-0.3, -0.25) is 9.78 Å². The summed E-state index contributed by atoms with van der Waals surface area (Å²) in [6.45, 7) is 0. The van der Waals surface area contributed by atoms with Gasteiger partial charge in [0, 0.05) is 34.3 Å². The number of hydrogen-bond donors (Lipinski definition) is 0. The molecule has 0 saturated heterocycles. The summed E-state index contributed by atoms with van der Waals surface area (Å²) in [5.41, 5.74) is 1.47. The second-order valence-corrected chi connectivity index (χ2v) is 6.68. The molecule has 2 nitrogen and oxygen atoms in total. The molecule has 0 atom stereocenters. The van der Waals surface area contributed by atoms with E-state index < -0.39 is 0 Å². The fraction of sp³-hybridized carbons (Fsp3) is 0. The lowest BCUT2D eigenvalue weighted by Gasteiger charge is -2.03. The highest BCUT2D eigenvalue weighted by Gasteiger charge is 2.13. The minimum atomic E-state index is 0.0627. The first-order chi connectivity index (χ1) is 8.75. The Morgan fingerprint density at radius 2 is 2.17 bits per heavy atom. The Morgan fingerprint density at radius 3 is 2.94 bits per heavy atom. The van der Waals surface area contributed by atoms with E-state index in [1.807, 2.05) is 35.7 Å². The Hall–Kier alpha value is -1.27. The van der Waals surface area contributed by atoms with Crippen LogP contribution in [-0.2, 0) is 0 Å². The number of carbonyl (C=O) groups is 1. The van der Waals surface area contributed by atoms with E-state index in [-0.39, 0.29) is 5.78 Å². The van der Waals surface area contributed by atoms with Crippen LogP contribution >= 0.6 is 33.9 Å². The number of aromatic nitrogens is 1. The van der Waals surface area contributed by atoms with Gasteiger partial charge in [-0.2, -0.15) is 0 Å². The molecule has 1 aromatic carbocycles. The Balaban J connectivity index is 2.17. The van der Waals surface area contributed by atoms with Crippen molar-refractivity contribution in [2.45, 2.75) is 0 Å². The molecule has 0 N–H and O–H groups in total. The molecule has 0 saturated carbocycles. The molecular weight excluding hydrogens is 357 g/mol. The zero-order chi connectivity index (χ0) is 12.5. The van der Waals surface area contributed by atoms with E-state index in [1.165, 1.54) is 0 Å². The lowest BCUT2D eigenvalue weighted by Crippen LogP contribution is -2.00. The number of rotatable bonds is 2. The summed E-state index contributed by atoms with van der Waals surface area (Å²) in [6, 6.07) is 9.60. The van der Waals surface area contributed by atoms with Crippen LogP contribution in [-0.4, -0.2) is 10.8 Å². The SMILES string of the molecule is O=C(c1csc(I)c1)c1cccc2ccncc12. The monoisotopic (exact) mass is 365 g/mol. The largest absolute Gasteiger partial charge is 0.289 e. The molecule has 0 aliphatic heterocycles. The predicted molar refractivity (Wildman–Crippen MR) is 82.2 cm³/mol. The van der Waals surface area contributed by atoms with Gasteiger partial charge in [-0.15, -0.1) is 11.3 Å². The summed E-state index contributed by atoms with van der Waals surface area (Å²) >= 11 is 3.81. The summed E-state index contributed by atoms with van der Waals surface area (Å²) in [4.78, 5) is 16.6. The molecule has 4 heteroatoms. The molecule has 0 aliphatic rings. The molecule has 0 bridgehead atoms. The number of nitrogens with zero attached hydrogens (tertiary/aromatic N) is 1. The third kappa shape index (κ3) is 2.06.